The van der Waals surface area contributed by atoms with E-state index in [1.54, 1.807) is 24.3 Å². The van der Waals surface area contributed by atoms with Gasteiger partial charge in [-0.2, -0.15) is 0 Å². The highest BCUT2D eigenvalue weighted by atomic mass is 79.9. The summed E-state index contributed by atoms with van der Waals surface area (Å²) in [5, 5.41) is -0.922. The van der Waals surface area contributed by atoms with Gasteiger partial charge in [-0.1, -0.05) is 40.2 Å². The van der Waals surface area contributed by atoms with Crippen molar-refractivity contribution in [1.82, 2.24) is 4.90 Å². The van der Waals surface area contributed by atoms with Crippen molar-refractivity contribution in [2.75, 3.05) is 18.8 Å². The molecule has 4 nitrogen and oxygen atoms in total. The Balaban J connectivity index is 1.85. The first kappa shape index (κ1) is 18.1. The lowest BCUT2D eigenvalue weighted by atomic mass is 10.1. The number of hydrogen-bond donors (Lipinski definition) is 0. The lowest BCUT2D eigenvalue weighted by molar-refractivity contribution is 0.0766. The number of nitrogens with zero attached hydrogens (tertiary/aromatic N) is 1. The summed E-state index contributed by atoms with van der Waals surface area (Å²) in [5.41, 5.74) is 0.676. The normalized spacial score (nSPS) is 20.1. The third-order valence-electron chi connectivity index (χ3n) is 4.35. The Bertz CT molecular complexity index is 901. The average molecular weight is 426 g/mol. The van der Waals surface area contributed by atoms with Crippen LogP contribution in [0.15, 0.2) is 53.0 Å². The van der Waals surface area contributed by atoms with Crippen LogP contribution in [0, 0.1) is 5.82 Å². The molecule has 7 heteroatoms. The van der Waals surface area contributed by atoms with Gasteiger partial charge >= 0.3 is 0 Å². The zero-order valence-electron chi connectivity index (χ0n) is 13.4. The zero-order chi connectivity index (χ0) is 18.0. The molecule has 1 aliphatic heterocycles. The van der Waals surface area contributed by atoms with Gasteiger partial charge in [-0.15, -0.1) is 0 Å². The van der Waals surface area contributed by atoms with Crippen molar-refractivity contribution in [1.29, 1.82) is 0 Å². The van der Waals surface area contributed by atoms with Crippen molar-refractivity contribution in [2.24, 2.45) is 0 Å². The zero-order valence-corrected chi connectivity index (χ0v) is 15.8. The maximum atomic E-state index is 14.1. The Labute approximate surface area is 154 Å². The molecule has 0 radical (unpaired) electrons. The minimum atomic E-state index is -3.54. The van der Waals surface area contributed by atoms with Crippen molar-refractivity contribution >= 4 is 31.7 Å². The van der Waals surface area contributed by atoms with Gasteiger partial charge in [0.2, 0.25) is 0 Å². The third kappa shape index (κ3) is 3.93. The molecule has 1 aliphatic rings. The summed E-state index contributed by atoms with van der Waals surface area (Å²) in [5.74, 6) is -0.917. The SMILES string of the molecule is O=C(c1cccc(Br)c1)N1CC[C@@H](c2ccccc2F)S(=O)(=O)CC1. The maximum absolute atomic E-state index is 14.1. The van der Waals surface area contributed by atoms with Crippen molar-refractivity contribution in [3.63, 3.8) is 0 Å². The molecule has 1 fully saturated rings. The van der Waals surface area contributed by atoms with Gasteiger partial charge in [-0.05, 0) is 30.7 Å². The number of rotatable bonds is 2. The molecule has 3 rings (SSSR count). The predicted molar refractivity (Wildman–Crippen MR) is 97.6 cm³/mol. The van der Waals surface area contributed by atoms with Gasteiger partial charge in [0.05, 0.1) is 11.0 Å². The number of benzene rings is 2. The van der Waals surface area contributed by atoms with E-state index in [2.05, 4.69) is 15.9 Å². The van der Waals surface area contributed by atoms with E-state index < -0.39 is 20.9 Å². The standard InChI is InChI=1S/C18H17BrFNO3S/c19-14-5-3-4-13(12-14)18(22)21-9-8-17(25(23,24)11-10-21)15-6-1-2-7-16(15)20/h1-7,12,17H,8-11H2/t17-/m0/s1. The number of carbonyl (C=O) groups is 1. The van der Waals surface area contributed by atoms with Crippen LogP contribution in [0.4, 0.5) is 4.39 Å². The van der Waals surface area contributed by atoms with E-state index in [9.17, 15) is 17.6 Å². The summed E-state index contributed by atoms with van der Waals surface area (Å²) < 4.78 is 40.0. The molecule has 0 unspecified atom stereocenters. The molecule has 1 amide bonds. The van der Waals surface area contributed by atoms with E-state index in [0.717, 1.165) is 4.47 Å². The molecular weight excluding hydrogens is 409 g/mol. The van der Waals surface area contributed by atoms with Crippen LogP contribution in [-0.4, -0.2) is 38.1 Å². The van der Waals surface area contributed by atoms with Crippen molar-refractivity contribution in [3.05, 3.63) is 69.9 Å². The van der Waals surface area contributed by atoms with E-state index in [1.165, 1.54) is 23.1 Å². The summed E-state index contributed by atoms with van der Waals surface area (Å²) in [7, 11) is -3.54. The fourth-order valence-corrected chi connectivity index (χ4v) is 5.24. The van der Waals surface area contributed by atoms with Gasteiger partial charge < -0.3 is 4.90 Å². The van der Waals surface area contributed by atoms with Gasteiger partial charge in [0.1, 0.15) is 5.82 Å². The van der Waals surface area contributed by atoms with Crippen molar-refractivity contribution in [2.45, 2.75) is 11.7 Å². The van der Waals surface area contributed by atoms with Crippen LogP contribution in [0.3, 0.4) is 0 Å². The summed E-state index contributed by atoms with van der Waals surface area (Å²) in [6.07, 6.45) is 0.184. The Morgan fingerprint density at radius 3 is 2.60 bits per heavy atom. The van der Waals surface area contributed by atoms with Crippen LogP contribution in [0.25, 0.3) is 0 Å². The van der Waals surface area contributed by atoms with E-state index in [4.69, 9.17) is 0 Å². The molecular formula is C18H17BrFNO3S. The Kier molecular flexibility index (Phi) is 5.24. The number of amides is 1. The predicted octanol–water partition coefficient (Wildman–Crippen LogP) is 3.59. The number of carbonyl (C=O) groups excluding carboxylic acids is 1. The van der Waals surface area contributed by atoms with Gasteiger partial charge in [0.25, 0.3) is 5.91 Å². The molecule has 132 valence electrons. The second-order valence-corrected chi connectivity index (χ2v) is 9.19. The smallest absolute Gasteiger partial charge is 0.253 e. The topological polar surface area (TPSA) is 54.5 Å². The van der Waals surface area contributed by atoms with E-state index in [1.807, 2.05) is 6.07 Å². The summed E-state index contributed by atoms with van der Waals surface area (Å²) in [4.78, 5) is 14.2. The fraction of sp³-hybridized carbons (Fsp3) is 0.278. The maximum Gasteiger partial charge on any atom is 0.253 e. The molecule has 1 heterocycles. The second-order valence-electron chi connectivity index (χ2n) is 5.97. The van der Waals surface area contributed by atoms with Gasteiger partial charge in [-0.3, -0.25) is 4.79 Å². The first-order chi connectivity index (χ1) is 11.9. The van der Waals surface area contributed by atoms with E-state index >= 15 is 0 Å². The van der Waals surface area contributed by atoms with Gasteiger partial charge in [0.15, 0.2) is 9.84 Å². The number of halogens is 2. The molecule has 0 spiro atoms. The Morgan fingerprint density at radius 1 is 1.12 bits per heavy atom. The van der Waals surface area contributed by atoms with Gasteiger partial charge in [0, 0.05) is 28.7 Å². The van der Waals surface area contributed by atoms with E-state index in [-0.39, 0.29) is 36.7 Å². The molecule has 1 atom stereocenters. The number of sulfone groups is 1. The van der Waals surface area contributed by atoms with Crippen LogP contribution in [0.1, 0.15) is 27.6 Å². The lowest BCUT2D eigenvalue weighted by Crippen LogP contribution is -2.33. The minimum absolute atomic E-state index is 0.110. The van der Waals surface area contributed by atoms with Crippen molar-refractivity contribution < 1.29 is 17.6 Å². The first-order valence-electron chi connectivity index (χ1n) is 7.89. The highest BCUT2D eigenvalue weighted by Crippen LogP contribution is 2.31. The highest BCUT2D eigenvalue weighted by molar-refractivity contribution is 9.10. The lowest BCUT2D eigenvalue weighted by Gasteiger charge is -2.20. The third-order valence-corrected chi connectivity index (χ3v) is 6.95. The van der Waals surface area contributed by atoms with E-state index in [0.29, 0.717) is 5.56 Å². The molecule has 2 aromatic rings. The molecule has 0 aromatic heterocycles. The summed E-state index contributed by atoms with van der Waals surface area (Å²) in [6, 6.07) is 12.9. The van der Waals surface area contributed by atoms with Crippen LogP contribution in [-0.2, 0) is 9.84 Å². The average Bonchev–Trinajstić information content (AvgIpc) is 2.73. The molecule has 1 saturated heterocycles. The first-order valence-corrected chi connectivity index (χ1v) is 10.4. The van der Waals surface area contributed by atoms with Crippen LogP contribution < -0.4 is 0 Å². The Morgan fingerprint density at radius 2 is 1.88 bits per heavy atom. The molecule has 0 N–H and O–H groups in total. The fourth-order valence-electron chi connectivity index (χ4n) is 3.04. The van der Waals surface area contributed by atoms with Gasteiger partial charge in [-0.25, -0.2) is 12.8 Å². The second kappa shape index (κ2) is 7.25. The van der Waals surface area contributed by atoms with Crippen LogP contribution in [0.2, 0.25) is 0 Å². The van der Waals surface area contributed by atoms with Crippen molar-refractivity contribution in [3.8, 4) is 0 Å². The summed E-state index contributed by atoms with van der Waals surface area (Å²) >= 11 is 3.33. The molecule has 25 heavy (non-hydrogen) atoms. The number of hydrogen-bond acceptors (Lipinski definition) is 3. The molecule has 0 aliphatic carbocycles. The summed E-state index contributed by atoms with van der Waals surface area (Å²) in [6.45, 7) is 0.377. The molecule has 0 bridgehead atoms. The highest BCUT2D eigenvalue weighted by Gasteiger charge is 2.34. The Hall–Kier alpha value is -1.73. The van der Waals surface area contributed by atoms with Crippen LogP contribution in [0.5, 0.6) is 0 Å². The monoisotopic (exact) mass is 425 g/mol. The molecule has 0 saturated carbocycles. The quantitative estimate of drug-likeness (QED) is 0.738. The minimum Gasteiger partial charge on any atom is -0.338 e. The largest absolute Gasteiger partial charge is 0.338 e. The molecule has 2 aromatic carbocycles. The van der Waals surface area contributed by atoms with Crippen LogP contribution >= 0.6 is 15.9 Å².